The molecular weight excluding hydrogens is 300 g/mol. The van der Waals surface area contributed by atoms with E-state index >= 15 is 0 Å². The van der Waals surface area contributed by atoms with Gasteiger partial charge in [-0.15, -0.1) is 0 Å². The third kappa shape index (κ3) is 4.87. The van der Waals surface area contributed by atoms with Crippen LogP contribution in [0.4, 0.5) is 0 Å². The van der Waals surface area contributed by atoms with Crippen LogP contribution in [0.25, 0.3) is 0 Å². The number of hydrogen-bond donors (Lipinski definition) is 2. The highest BCUT2D eigenvalue weighted by Crippen LogP contribution is 2.13. The van der Waals surface area contributed by atoms with Gasteiger partial charge in [0.2, 0.25) is 10.0 Å². The molecule has 0 radical (unpaired) electrons. The van der Waals surface area contributed by atoms with E-state index in [9.17, 15) is 18.0 Å². The lowest BCUT2D eigenvalue weighted by Crippen LogP contribution is -2.25. The summed E-state index contributed by atoms with van der Waals surface area (Å²) >= 11 is 0. The van der Waals surface area contributed by atoms with E-state index in [0.717, 1.165) is 6.07 Å². The third-order valence-corrected chi connectivity index (χ3v) is 4.09. The summed E-state index contributed by atoms with van der Waals surface area (Å²) in [5.74, 6) is -1.59. The Morgan fingerprint density at radius 2 is 2.10 bits per heavy atom. The SMILES string of the molecule is CCOC(=O)CCCNS(=O)(=O)c1cc(C(=O)O)n(C)c1. The summed E-state index contributed by atoms with van der Waals surface area (Å²) in [4.78, 5) is 21.8. The van der Waals surface area contributed by atoms with Gasteiger partial charge >= 0.3 is 11.9 Å². The molecule has 2 N–H and O–H groups in total. The van der Waals surface area contributed by atoms with Gasteiger partial charge in [-0.25, -0.2) is 17.9 Å². The van der Waals surface area contributed by atoms with Gasteiger partial charge in [-0.1, -0.05) is 0 Å². The smallest absolute Gasteiger partial charge is 0.352 e. The molecule has 0 amide bonds. The van der Waals surface area contributed by atoms with E-state index in [-0.39, 0.29) is 36.1 Å². The van der Waals surface area contributed by atoms with Crippen molar-refractivity contribution in [3.05, 3.63) is 18.0 Å². The molecule has 0 aliphatic heterocycles. The molecule has 9 heteroatoms. The van der Waals surface area contributed by atoms with E-state index in [2.05, 4.69) is 4.72 Å². The second kappa shape index (κ2) is 7.23. The summed E-state index contributed by atoms with van der Waals surface area (Å²) < 4.78 is 32.2. The molecule has 21 heavy (non-hydrogen) atoms. The maximum Gasteiger partial charge on any atom is 0.352 e. The van der Waals surface area contributed by atoms with Crippen LogP contribution in [0, 0.1) is 0 Å². The highest BCUT2D eigenvalue weighted by Gasteiger charge is 2.19. The topological polar surface area (TPSA) is 115 Å². The lowest BCUT2D eigenvalue weighted by atomic mass is 10.3. The zero-order chi connectivity index (χ0) is 16.0. The van der Waals surface area contributed by atoms with Gasteiger partial charge in [-0.3, -0.25) is 4.79 Å². The number of carboxylic acids is 1. The summed E-state index contributed by atoms with van der Waals surface area (Å²) in [7, 11) is -2.34. The van der Waals surface area contributed by atoms with Crippen LogP contribution in [-0.4, -0.2) is 43.2 Å². The Labute approximate surface area is 122 Å². The summed E-state index contributed by atoms with van der Waals surface area (Å²) in [6.45, 7) is 2.04. The van der Waals surface area contributed by atoms with E-state index in [1.54, 1.807) is 6.92 Å². The van der Waals surface area contributed by atoms with Gasteiger partial charge in [0, 0.05) is 26.2 Å². The van der Waals surface area contributed by atoms with Crippen molar-refractivity contribution in [2.24, 2.45) is 7.05 Å². The Hall–Kier alpha value is -1.87. The number of esters is 1. The molecule has 8 nitrogen and oxygen atoms in total. The van der Waals surface area contributed by atoms with Crippen molar-refractivity contribution < 1.29 is 27.9 Å². The van der Waals surface area contributed by atoms with Crippen LogP contribution in [0.3, 0.4) is 0 Å². The predicted octanol–water partition coefficient (Wildman–Crippen LogP) is 0.345. The van der Waals surface area contributed by atoms with Crippen molar-refractivity contribution >= 4 is 22.0 Å². The van der Waals surface area contributed by atoms with E-state index in [1.165, 1.54) is 17.8 Å². The predicted molar refractivity (Wildman–Crippen MR) is 73.4 cm³/mol. The Balaban J connectivity index is 2.60. The Bertz CT molecular complexity index is 620. The minimum atomic E-state index is -3.79. The minimum Gasteiger partial charge on any atom is -0.477 e. The summed E-state index contributed by atoms with van der Waals surface area (Å²) in [5, 5.41) is 8.88. The second-order valence-corrected chi connectivity index (χ2v) is 6.05. The Kier molecular flexibility index (Phi) is 5.91. The van der Waals surface area contributed by atoms with E-state index in [4.69, 9.17) is 9.84 Å². The number of nitrogens with one attached hydrogen (secondary N) is 1. The third-order valence-electron chi connectivity index (χ3n) is 2.66. The molecule has 0 atom stereocenters. The lowest BCUT2D eigenvalue weighted by Gasteiger charge is -2.04. The van der Waals surface area contributed by atoms with Crippen molar-refractivity contribution in [3.8, 4) is 0 Å². The molecule has 0 aromatic carbocycles. The summed E-state index contributed by atoms with van der Waals surface area (Å²) in [6.07, 6.45) is 1.64. The quantitative estimate of drug-likeness (QED) is 0.528. The van der Waals surface area contributed by atoms with Gasteiger partial charge in [0.25, 0.3) is 0 Å². The summed E-state index contributed by atoms with van der Waals surface area (Å²) in [5.41, 5.74) is -0.123. The van der Waals surface area contributed by atoms with E-state index in [0.29, 0.717) is 6.42 Å². The molecule has 1 heterocycles. The van der Waals surface area contributed by atoms with Crippen LogP contribution in [0.2, 0.25) is 0 Å². The van der Waals surface area contributed by atoms with Gasteiger partial charge in [0.1, 0.15) is 10.6 Å². The lowest BCUT2D eigenvalue weighted by molar-refractivity contribution is -0.143. The number of carbonyl (C=O) groups excluding carboxylic acids is 1. The maximum atomic E-state index is 12.0. The number of carboxylic acid groups (broad SMARTS) is 1. The van der Waals surface area contributed by atoms with Gasteiger partial charge in [0.15, 0.2) is 0 Å². The fraction of sp³-hybridized carbons (Fsp3) is 0.500. The molecule has 0 unspecified atom stereocenters. The largest absolute Gasteiger partial charge is 0.477 e. The highest BCUT2D eigenvalue weighted by atomic mass is 32.2. The van der Waals surface area contributed by atoms with Gasteiger partial charge in [-0.05, 0) is 19.4 Å². The van der Waals surface area contributed by atoms with Crippen LogP contribution < -0.4 is 4.72 Å². The average molecular weight is 318 g/mol. The molecule has 0 saturated carbocycles. The molecule has 1 rings (SSSR count). The van der Waals surface area contributed by atoms with Crippen LogP contribution in [0.1, 0.15) is 30.3 Å². The number of carbonyl (C=O) groups is 2. The monoisotopic (exact) mass is 318 g/mol. The molecule has 0 saturated heterocycles. The fourth-order valence-corrected chi connectivity index (χ4v) is 2.79. The molecule has 0 fully saturated rings. The van der Waals surface area contributed by atoms with Crippen LogP contribution >= 0.6 is 0 Å². The average Bonchev–Trinajstić information content (AvgIpc) is 2.78. The van der Waals surface area contributed by atoms with Crippen LogP contribution in [-0.2, 0) is 26.6 Å². The van der Waals surface area contributed by atoms with Crippen molar-refractivity contribution in [1.82, 2.24) is 9.29 Å². The number of aryl methyl sites for hydroxylation is 1. The number of hydrogen-bond acceptors (Lipinski definition) is 5. The zero-order valence-electron chi connectivity index (χ0n) is 11.8. The number of aromatic carboxylic acids is 1. The minimum absolute atomic E-state index is 0.0679. The van der Waals surface area contributed by atoms with Crippen molar-refractivity contribution in [3.63, 3.8) is 0 Å². The van der Waals surface area contributed by atoms with Crippen LogP contribution in [0.5, 0.6) is 0 Å². The van der Waals surface area contributed by atoms with Gasteiger partial charge in [-0.2, -0.15) is 0 Å². The first-order chi connectivity index (χ1) is 9.77. The van der Waals surface area contributed by atoms with Crippen LogP contribution in [0.15, 0.2) is 17.2 Å². The second-order valence-electron chi connectivity index (χ2n) is 4.28. The van der Waals surface area contributed by atoms with Crippen molar-refractivity contribution in [2.75, 3.05) is 13.2 Å². The first kappa shape index (κ1) is 17.2. The Morgan fingerprint density at radius 1 is 1.43 bits per heavy atom. The summed E-state index contributed by atoms with van der Waals surface area (Å²) in [6, 6.07) is 1.08. The van der Waals surface area contributed by atoms with Crippen molar-refractivity contribution in [1.29, 1.82) is 0 Å². The molecule has 0 spiro atoms. The standard InChI is InChI=1S/C12H18N2O6S/c1-3-20-11(15)5-4-6-13-21(18,19)9-7-10(12(16)17)14(2)8-9/h7-8,13H,3-6H2,1-2H3,(H,16,17). The molecule has 0 aliphatic carbocycles. The molecular formula is C12H18N2O6S. The number of sulfonamides is 1. The number of rotatable bonds is 8. The zero-order valence-corrected chi connectivity index (χ0v) is 12.6. The van der Waals surface area contributed by atoms with Crippen molar-refractivity contribution in [2.45, 2.75) is 24.7 Å². The molecule has 0 aliphatic rings. The number of nitrogens with zero attached hydrogens (tertiary/aromatic N) is 1. The Morgan fingerprint density at radius 3 is 2.62 bits per heavy atom. The maximum absolute atomic E-state index is 12.0. The number of ether oxygens (including phenoxy) is 1. The highest BCUT2D eigenvalue weighted by molar-refractivity contribution is 7.89. The molecule has 0 bridgehead atoms. The van der Waals surface area contributed by atoms with Gasteiger partial charge in [0.05, 0.1) is 6.61 Å². The first-order valence-electron chi connectivity index (χ1n) is 6.33. The fourth-order valence-electron chi connectivity index (χ4n) is 1.65. The van der Waals surface area contributed by atoms with E-state index < -0.39 is 16.0 Å². The molecule has 1 aromatic heterocycles. The van der Waals surface area contributed by atoms with Gasteiger partial charge < -0.3 is 14.4 Å². The first-order valence-corrected chi connectivity index (χ1v) is 7.81. The molecule has 1 aromatic rings. The van der Waals surface area contributed by atoms with E-state index in [1.807, 2.05) is 0 Å². The number of aromatic nitrogens is 1. The molecule has 118 valence electrons. The normalized spacial score (nSPS) is 11.3.